The maximum Gasteiger partial charge on any atom is 0.220 e. The zero-order valence-corrected chi connectivity index (χ0v) is 20.7. The van der Waals surface area contributed by atoms with Crippen LogP contribution in [0.25, 0.3) is 0 Å². The van der Waals surface area contributed by atoms with Gasteiger partial charge in [0.15, 0.2) is 0 Å². The molecule has 33 heavy (non-hydrogen) atoms. The Morgan fingerprint density at radius 2 is 1.76 bits per heavy atom. The Morgan fingerprint density at radius 3 is 2.55 bits per heavy atom. The number of fused-ring (bicyclic) bond motifs is 1. The van der Waals surface area contributed by atoms with E-state index in [-0.39, 0.29) is 5.91 Å². The third-order valence-corrected chi connectivity index (χ3v) is 7.42. The van der Waals surface area contributed by atoms with Gasteiger partial charge in [-0.3, -0.25) is 4.79 Å². The molecule has 178 valence electrons. The smallest absolute Gasteiger partial charge is 0.220 e. The van der Waals surface area contributed by atoms with Crippen molar-refractivity contribution in [3.63, 3.8) is 0 Å². The molecule has 0 saturated carbocycles. The highest BCUT2D eigenvalue weighted by Crippen LogP contribution is 2.30. The number of halogens is 2. The number of nitrogens with one attached hydrogen (secondary N) is 1. The number of nitrogens with zero attached hydrogens (tertiary/aromatic N) is 1. The number of aryl methyl sites for hydroxylation is 1. The predicted molar refractivity (Wildman–Crippen MR) is 135 cm³/mol. The Bertz CT molecular complexity index is 911. The van der Waals surface area contributed by atoms with Gasteiger partial charge in [-0.2, -0.15) is 0 Å². The fourth-order valence-corrected chi connectivity index (χ4v) is 5.31. The van der Waals surface area contributed by atoms with E-state index < -0.39 is 0 Å². The first-order chi connectivity index (χ1) is 16.0. The van der Waals surface area contributed by atoms with Gasteiger partial charge in [-0.25, -0.2) is 0 Å². The molecule has 1 fully saturated rings. The summed E-state index contributed by atoms with van der Waals surface area (Å²) in [7, 11) is 0. The maximum atomic E-state index is 12.5. The van der Waals surface area contributed by atoms with E-state index in [0.29, 0.717) is 25.0 Å². The van der Waals surface area contributed by atoms with E-state index in [1.165, 1.54) is 11.1 Å². The molecule has 2 aromatic rings. The summed E-state index contributed by atoms with van der Waals surface area (Å²) in [6.45, 7) is 3.81. The van der Waals surface area contributed by atoms with Gasteiger partial charge < -0.3 is 15.0 Å². The number of ether oxygens (including phenoxy) is 1. The van der Waals surface area contributed by atoms with Crippen LogP contribution in [0.5, 0.6) is 5.75 Å². The van der Waals surface area contributed by atoms with Gasteiger partial charge in [-0.1, -0.05) is 29.3 Å². The lowest BCUT2D eigenvalue weighted by Crippen LogP contribution is -2.45. The standard InChI is InChI=1S/C27H34Cl2N2O2/c28-23-7-9-26(10-8-23)33-17-1-14-31-15-12-25(13-16-31)30-27(32)11-3-20-2-4-22-19-24(29)6-5-21(22)18-20/h5-10,19-20,25H,1-4,11-18H2,(H,30,32). The van der Waals surface area contributed by atoms with Crippen molar-refractivity contribution in [2.45, 2.75) is 57.4 Å². The maximum absolute atomic E-state index is 12.5. The fourth-order valence-electron chi connectivity index (χ4n) is 4.99. The average molecular weight is 489 g/mol. The highest BCUT2D eigenvalue weighted by atomic mass is 35.5. The van der Waals surface area contributed by atoms with Crippen molar-refractivity contribution in [3.8, 4) is 5.75 Å². The van der Waals surface area contributed by atoms with E-state index in [1.807, 2.05) is 30.3 Å². The minimum Gasteiger partial charge on any atom is -0.494 e. The molecule has 1 heterocycles. The minimum absolute atomic E-state index is 0.215. The van der Waals surface area contributed by atoms with Crippen LogP contribution in [0.3, 0.4) is 0 Å². The lowest BCUT2D eigenvalue weighted by atomic mass is 9.81. The predicted octanol–water partition coefficient (Wildman–Crippen LogP) is 5.93. The van der Waals surface area contributed by atoms with Crippen molar-refractivity contribution in [2.75, 3.05) is 26.2 Å². The van der Waals surface area contributed by atoms with E-state index >= 15 is 0 Å². The van der Waals surface area contributed by atoms with E-state index in [9.17, 15) is 4.79 Å². The second kappa shape index (κ2) is 12.1. The average Bonchev–Trinajstić information content (AvgIpc) is 2.82. The lowest BCUT2D eigenvalue weighted by molar-refractivity contribution is -0.122. The molecule has 0 aromatic heterocycles. The molecule has 6 heteroatoms. The summed E-state index contributed by atoms with van der Waals surface area (Å²) in [5.74, 6) is 1.68. The van der Waals surface area contributed by atoms with Gasteiger partial charge >= 0.3 is 0 Å². The van der Waals surface area contributed by atoms with Gasteiger partial charge in [0.25, 0.3) is 0 Å². The molecule has 1 aliphatic carbocycles. The molecular formula is C27H34Cl2N2O2. The summed E-state index contributed by atoms with van der Waals surface area (Å²) in [6, 6.07) is 14.0. The molecule has 1 atom stereocenters. The van der Waals surface area contributed by atoms with Crippen molar-refractivity contribution >= 4 is 29.1 Å². The van der Waals surface area contributed by atoms with E-state index in [1.54, 1.807) is 0 Å². The summed E-state index contributed by atoms with van der Waals surface area (Å²) in [6.07, 6.45) is 7.96. The van der Waals surface area contributed by atoms with Gasteiger partial charge in [-0.15, -0.1) is 0 Å². The first kappa shape index (κ1) is 24.4. The Hall–Kier alpha value is -1.75. The molecule has 1 saturated heterocycles. The number of benzene rings is 2. The van der Waals surface area contributed by atoms with Gasteiger partial charge in [0, 0.05) is 42.1 Å². The van der Waals surface area contributed by atoms with Crippen LogP contribution in [0.2, 0.25) is 10.0 Å². The van der Waals surface area contributed by atoms with Crippen molar-refractivity contribution < 1.29 is 9.53 Å². The highest BCUT2D eigenvalue weighted by Gasteiger charge is 2.22. The Balaban J connectivity index is 1.07. The molecular weight excluding hydrogens is 455 g/mol. The molecule has 0 bridgehead atoms. The monoisotopic (exact) mass is 488 g/mol. The van der Waals surface area contributed by atoms with Crippen LogP contribution in [0.15, 0.2) is 42.5 Å². The molecule has 2 aliphatic rings. The molecule has 1 unspecified atom stereocenters. The zero-order valence-electron chi connectivity index (χ0n) is 19.2. The van der Waals surface area contributed by atoms with Crippen molar-refractivity contribution in [3.05, 3.63) is 63.6 Å². The molecule has 1 amide bonds. The molecule has 0 spiro atoms. The summed E-state index contributed by atoms with van der Waals surface area (Å²) >= 11 is 12.0. The van der Waals surface area contributed by atoms with E-state index in [0.717, 1.165) is 80.4 Å². The van der Waals surface area contributed by atoms with Gasteiger partial charge in [0.05, 0.1) is 6.61 Å². The number of carbonyl (C=O) groups is 1. The van der Waals surface area contributed by atoms with Crippen LogP contribution in [0.4, 0.5) is 0 Å². The van der Waals surface area contributed by atoms with Crippen LogP contribution in [0.1, 0.15) is 49.7 Å². The second-order valence-electron chi connectivity index (χ2n) is 9.40. The van der Waals surface area contributed by atoms with E-state index in [2.05, 4.69) is 22.3 Å². The fraction of sp³-hybridized carbons (Fsp3) is 0.519. The number of rotatable bonds is 9. The van der Waals surface area contributed by atoms with Crippen molar-refractivity contribution in [1.29, 1.82) is 0 Å². The number of amides is 1. The lowest BCUT2D eigenvalue weighted by Gasteiger charge is -2.32. The first-order valence-electron chi connectivity index (χ1n) is 12.2. The normalized spacial score (nSPS) is 19.2. The molecule has 0 radical (unpaired) electrons. The summed E-state index contributed by atoms with van der Waals surface area (Å²) in [5, 5.41) is 4.83. The van der Waals surface area contributed by atoms with Crippen LogP contribution < -0.4 is 10.1 Å². The molecule has 1 aliphatic heterocycles. The third-order valence-electron chi connectivity index (χ3n) is 6.93. The number of hydrogen-bond donors (Lipinski definition) is 1. The number of piperidine rings is 1. The quantitative estimate of drug-likeness (QED) is 0.444. The minimum atomic E-state index is 0.215. The number of carbonyl (C=O) groups excluding carboxylic acids is 1. The highest BCUT2D eigenvalue weighted by molar-refractivity contribution is 6.30. The second-order valence-corrected chi connectivity index (χ2v) is 10.3. The van der Waals surface area contributed by atoms with Gasteiger partial charge in [-0.05, 0) is 98.4 Å². The van der Waals surface area contributed by atoms with Crippen molar-refractivity contribution in [2.24, 2.45) is 5.92 Å². The van der Waals surface area contributed by atoms with Crippen LogP contribution in [-0.2, 0) is 17.6 Å². The molecule has 4 rings (SSSR count). The molecule has 4 nitrogen and oxygen atoms in total. The van der Waals surface area contributed by atoms with Crippen molar-refractivity contribution in [1.82, 2.24) is 10.2 Å². The first-order valence-corrected chi connectivity index (χ1v) is 13.0. The molecule has 1 N–H and O–H groups in total. The van der Waals surface area contributed by atoms with Crippen LogP contribution >= 0.6 is 23.2 Å². The van der Waals surface area contributed by atoms with Crippen LogP contribution in [-0.4, -0.2) is 43.1 Å². The topological polar surface area (TPSA) is 41.6 Å². The summed E-state index contributed by atoms with van der Waals surface area (Å²) in [4.78, 5) is 15.0. The zero-order chi connectivity index (χ0) is 23.0. The Labute approximate surface area is 207 Å². The SMILES string of the molecule is O=C(CCC1CCc2cc(Cl)ccc2C1)NC1CCN(CCCOc2ccc(Cl)cc2)CC1. The summed E-state index contributed by atoms with van der Waals surface area (Å²) < 4.78 is 5.78. The number of hydrogen-bond acceptors (Lipinski definition) is 3. The van der Waals surface area contributed by atoms with Gasteiger partial charge in [0.2, 0.25) is 5.91 Å². The Morgan fingerprint density at radius 1 is 1.00 bits per heavy atom. The summed E-state index contributed by atoms with van der Waals surface area (Å²) in [5.41, 5.74) is 2.79. The van der Waals surface area contributed by atoms with E-state index in [4.69, 9.17) is 27.9 Å². The molecule has 2 aromatic carbocycles. The van der Waals surface area contributed by atoms with Gasteiger partial charge in [0.1, 0.15) is 5.75 Å². The largest absolute Gasteiger partial charge is 0.494 e. The Kier molecular flexibility index (Phi) is 8.94. The third kappa shape index (κ3) is 7.63. The van der Waals surface area contributed by atoms with Crippen LogP contribution in [0, 0.1) is 5.92 Å². The number of likely N-dealkylation sites (tertiary alicyclic amines) is 1.